The summed E-state index contributed by atoms with van der Waals surface area (Å²) < 4.78 is 41.5. The number of ether oxygens (including phenoxy) is 7. The van der Waals surface area contributed by atoms with Gasteiger partial charge in [0, 0.05) is 7.05 Å². The minimum atomic E-state index is -1.13. The van der Waals surface area contributed by atoms with Crippen LogP contribution >= 0.6 is 0 Å². The van der Waals surface area contributed by atoms with Gasteiger partial charge in [0.05, 0.1) is 141 Å². The van der Waals surface area contributed by atoms with Gasteiger partial charge >= 0.3 is 46.2 Å². The van der Waals surface area contributed by atoms with Crippen molar-refractivity contribution in [2.75, 3.05) is 72.6 Å². The molecule has 406 valence electrons. The Hall–Kier alpha value is -6.21. The molecule has 11 rings (SSSR count). The Balaban J connectivity index is 0.000000132. The zero-order chi connectivity index (χ0) is 53.6. The topological polar surface area (TPSA) is 338 Å². The van der Waals surface area contributed by atoms with E-state index in [1.165, 1.54) is 27.8 Å². The van der Waals surface area contributed by atoms with Crippen LogP contribution in [0, 0.1) is 5.41 Å². The maximum atomic E-state index is 12.7. The molecule has 0 saturated carbocycles. The number of carbonyl (C=O) groups is 5. The van der Waals surface area contributed by atoms with E-state index >= 15 is 0 Å². The van der Waals surface area contributed by atoms with Crippen molar-refractivity contribution in [1.82, 2.24) is 47.0 Å². The van der Waals surface area contributed by atoms with Gasteiger partial charge in [-0.15, -0.1) is 6.58 Å². The van der Waals surface area contributed by atoms with Crippen molar-refractivity contribution in [2.45, 2.75) is 122 Å². The quantitative estimate of drug-likeness (QED) is 0.0599. The smallest absolute Gasteiger partial charge is 0.336 e. The summed E-state index contributed by atoms with van der Waals surface area (Å²) in [4.78, 5) is 139. The first kappa shape index (κ1) is 54.1. The van der Waals surface area contributed by atoms with E-state index in [0.717, 1.165) is 32.3 Å². The summed E-state index contributed by atoms with van der Waals surface area (Å²) in [5.41, 5.74) is -5.65. The molecule has 7 amide bonds. The molecule has 9 saturated heterocycles. The van der Waals surface area contributed by atoms with Crippen molar-refractivity contribution in [3.63, 3.8) is 0 Å². The van der Waals surface area contributed by atoms with Crippen LogP contribution in [0.25, 0.3) is 0 Å². The molecule has 7 unspecified atom stereocenters. The Kier molecular flexibility index (Phi) is 15.8. The van der Waals surface area contributed by atoms with Gasteiger partial charge in [-0.2, -0.15) is 0 Å². The molecule has 9 aliphatic heterocycles. The molecule has 0 spiro atoms. The zero-order valence-corrected chi connectivity index (χ0v) is 41.8. The number of barbiturate groups is 1. The molecule has 0 bridgehead atoms. The number of aliphatic hydroxyl groups excluding tert-OH is 1. The molecule has 0 aromatic carbocycles. The highest BCUT2D eigenvalue weighted by atomic mass is 16.6. The number of carbonyl (C=O) groups excluding carboxylic acids is 5. The monoisotopic (exact) mass is 1050 g/mol. The van der Waals surface area contributed by atoms with Crippen LogP contribution < -0.4 is 34.1 Å². The number of hydrogen-bond donors (Lipinski definition) is 1. The van der Waals surface area contributed by atoms with Crippen molar-refractivity contribution in [2.24, 2.45) is 12.5 Å². The third-order valence-corrected chi connectivity index (χ3v) is 13.7. The van der Waals surface area contributed by atoms with Gasteiger partial charge in [0.25, 0.3) is 5.91 Å². The Morgan fingerprint density at radius 2 is 0.784 bits per heavy atom. The van der Waals surface area contributed by atoms with Gasteiger partial charge < -0.3 is 43.2 Å². The number of allylic oxidation sites excluding steroid dienone is 1. The fourth-order valence-electron chi connectivity index (χ4n) is 8.44. The number of rotatable bonds is 19. The summed E-state index contributed by atoms with van der Waals surface area (Å²) in [5.74, 6) is -1.13. The first-order valence-electron chi connectivity index (χ1n) is 24.4. The van der Waals surface area contributed by atoms with Crippen LogP contribution in [-0.4, -0.2) is 203 Å². The van der Waals surface area contributed by atoms with E-state index in [4.69, 9.17) is 38.3 Å². The second kappa shape index (κ2) is 21.6. The van der Waals surface area contributed by atoms with Gasteiger partial charge in [0.15, 0.2) is 0 Å². The highest BCUT2D eigenvalue weighted by Gasteiger charge is 2.57. The molecule has 29 heteroatoms. The average molecular weight is 1050 g/mol. The van der Waals surface area contributed by atoms with E-state index in [0.29, 0.717) is 65.6 Å². The number of imide groups is 3. The van der Waals surface area contributed by atoms with Crippen LogP contribution in [0.15, 0.2) is 41.4 Å². The highest BCUT2D eigenvalue weighted by Crippen LogP contribution is 2.37. The van der Waals surface area contributed by atoms with Crippen LogP contribution in [0.3, 0.4) is 0 Å². The van der Waals surface area contributed by atoms with Crippen LogP contribution in [0.2, 0.25) is 0 Å². The zero-order valence-electron chi connectivity index (χ0n) is 41.8. The van der Waals surface area contributed by atoms with E-state index in [1.807, 2.05) is 13.8 Å². The average Bonchev–Trinajstić information content (AvgIpc) is 4.17. The third-order valence-electron chi connectivity index (χ3n) is 13.7. The lowest BCUT2D eigenvalue weighted by molar-refractivity contribution is -0.159. The van der Waals surface area contributed by atoms with E-state index in [9.17, 15) is 52.7 Å². The number of hydrogen-bond acceptors (Lipinski definition) is 19. The maximum absolute atomic E-state index is 12.7. The Bertz CT molecular complexity index is 2760. The lowest BCUT2D eigenvalue weighted by atomic mass is 9.78. The second-order valence-electron chi connectivity index (χ2n) is 19.5. The van der Waals surface area contributed by atoms with Gasteiger partial charge in [-0.3, -0.25) is 24.2 Å². The van der Waals surface area contributed by atoms with Gasteiger partial charge in [-0.05, 0) is 26.7 Å². The molecule has 9 aliphatic rings. The van der Waals surface area contributed by atoms with Crippen LogP contribution in [-0.2, 0) is 87.3 Å². The first-order chi connectivity index (χ1) is 35.2. The molecule has 7 atom stereocenters. The van der Waals surface area contributed by atoms with Gasteiger partial charge in [0.1, 0.15) is 17.7 Å². The lowest BCUT2D eigenvalue weighted by Gasteiger charge is -2.43. The van der Waals surface area contributed by atoms with Crippen molar-refractivity contribution in [3.05, 3.63) is 75.6 Å². The van der Waals surface area contributed by atoms with Crippen LogP contribution in [0.5, 0.6) is 0 Å². The normalized spacial score (nSPS) is 27.1. The standard InChI is InChI=1S/C14H20N2O5.C12H15N3O5.C10H13N3O5.C9H14N2O4/c1-3-14(4-2)11(17)15(5-9-7-20-9)13(19)16(12(14)18)6-10-8-21-10;1-2-3-13-10(16)14(4-8-6-19-8)12(18)15(11(13)17)5-9-7-20-9;1-11-8(14)12(2-6-4-17-6)10(16)13(9(11)15)3-7-5-18-7;1-9(2)7(13)10(5-12)8(14)11(9)3-6-4-15-6/h9-10H,3-8H2,1-2H3;2,8-9H,1,3-7H2;6-7H,2-5H2,1H3;6,12H,3-5H2,1-2H3. The molecule has 0 radical (unpaired) electrons. The van der Waals surface area contributed by atoms with E-state index in [1.54, 1.807) is 13.8 Å². The largest absolute Gasteiger partial charge is 0.376 e. The van der Waals surface area contributed by atoms with Crippen molar-refractivity contribution in [3.8, 4) is 0 Å². The fourth-order valence-corrected chi connectivity index (χ4v) is 8.44. The fraction of sp³-hybridized carbons (Fsp3) is 0.711. The molecule has 1 N–H and O–H groups in total. The number of urea groups is 2. The molecule has 74 heavy (non-hydrogen) atoms. The van der Waals surface area contributed by atoms with E-state index in [2.05, 4.69) is 6.58 Å². The molecule has 9 fully saturated rings. The molecule has 11 heterocycles. The van der Waals surface area contributed by atoms with Crippen LogP contribution in [0.1, 0.15) is 40.5 Å². The third kappa shape index (κ3) is 11.7. The van der Waals surface area contributed by atoms with E-state index < -0.39 is 63.9 Å². The van der Waals surface area contributed by atoms with Gasteiger partial charge in [-0.1, -0.05) is 19.9 Å². The lowest BCUT2D eigenvalue weighted by Crippen LogP contribution is -2.66. The number of aliphatic hydroxyl groups is 1. The maximum Gasteiger partial charge on any atom is 0.336 e. The molecule has 2 aromatic rings. The number of amides is 7. The summed E-state index contributed by atoms with van der Waals surface area (Å²) in [6.07, 6.45) is 1.64. The summed E-state index contributed by atoms with van der Waals surface area (Å²) in [6, 6.07) is -0.975. The molecular formula is C45H62N10O19. The summed E-state index contributed by atoms with van der Waals surface area (Å²) in [7, 11) is 1.36. The second-order valence-corrected chi connectivity index (χ2v) is 19.5. The van der Waals surface area contributed by atoms with Crippen LogP contribution in [0.4, 0.5) is 9.59 Å². The summed E-state index contributed by atoms with van der Waals surface area (Å²) in [6.45, 7) is 15.5. The molecule has 2 aromatic heterocycles. The highest BCUT2D eigenvalue weighted by molar-refractivity contribution is 6.19. The van der Waals surface area contributed by atoms with E-state index in [-0.39, 0.29) is 106 Å². The number of epoxide rings is 7. The van der Waals surface area contributed by atoms with Crippen molar-refractivity contribution >= 4 is 29.8 Å². The minimum absolute atomic E-state index is 0.0414. The van der Waals surface area contributed by atoms with Gasteiger partial charge in [0.2, 0.25) is 11.8 Å². The summed E-state index contributed by atoms with van der Waals surface area (Å²) in [5, 5.41) is 8.93. The Morgan fingerprint density at radius 3 is 1.08 bits per heavy atom. The van der Waals surface area contributed by atoms with Crippen molar-refractivity contribution < 1.29 is 62.2 Å². The predicted molar refractivity (Wildman–Crippen MR) is 250 cm³/mol. The van der Waals surface area contributed by atoms with Gasteiger partial charge in [-0.25, -0.2) is 70.7 Å². The van der Waals surface area contributed by atoms with Crippen molar-refractivity contribution in [1.29, 1.82) is 0 Å². The Morgan fingerprint density at radius 1 is 0.473 bits per heavy atom. The Labute approximate surface area is 420 Å². The molecule has 29 nitrogen and oxygen atoms in total. The summed E-state index contributed by atoms with van der Waals surface area (Å²) >= 11 is 0. The number of aromatic nitrogens is 6. The molecular weight excluding hydrogens is 985 g/mol. The predicted octanol–water partition coefficient (Wildman–Crippen LogP) is -4.58. The molecule has 0 aliphatic carbocycles. The SMILES string of the molecule is C=CCn1c(=O)n(CC2CO2)c(=O)n(CC2CO2)c1=O.CC1(C)C(=O)N(CO)C(=O)N1CC1CO1.CCC1(CC)C(=O)N(CC2CO2)C(=O)N(CC2CO2)C1=O.Cn1c(=O)n(CC2CO2)c(=O)n(CC2CO2)c1=O. The minimum Gasteiger partial charge on any atom is -0.376 e. The number of nitrogens with zero attached hydrogens (tertiary/aromatic N) is 10. The first-order valence-corrected chi connectivity index (χ1v) is 24.4.